The molecule has 21 heavy (non-hydrogen) atoms. The van der Waals surface area contributed by atoms with E-state index in [9.17, 15) is 9.59 Å². The number of hydrogen-bond donors (Lipinski definition) is 1. The van der Waals surface area contributed by atoms with Gasteiger partial charge in [0.05, 0.1) is 6.54 Å². The Hall–Kier alpha value is -1.66. The van der Waals surface area contributed by atoms with Gasteiger partial charge in [0, 0.05) is 9.35 Å². The van der Waals surface area contributed by atoms with Crippen LogP contribution in [0.4, 0.5) is 4.79 Å². The molecule has 0 spiro atoms. The summed E-state index contributed by atoms with van der Waals surface area (Å²) in [6.07, 6.45) is 0. The number of nitrogens with zero attached hydrogens (tertiary/aromatic N) is 1. The minimum Gasteiger partial charge on any atom is -0.319 e. The summed E-state index contributed by atoms with van der Waals surface area (Å²) in [5, 5.41) is 4.70. The van der Waals surface area contributed by atoms with Crippen molar-refractivity contribution >= 4 is 39.2 Å². The molecular weight excluding hydrogens is 352 g/mol. The summed E-state index contributed by atoms with van der Waals surface area (Å²) in [6, 6.07) is 11.0. The quantitative estimate of drug-likeness (QED) is 0.847. The predicted octanol–water partition coefficient (Wildman–Crippen LogP) is 3.48. The fourth-order valence-corrected chi connectivity index (χ4v) is 3.44. The maximum Gasteiger partial charge on any atom is 0.325 e. The van der Waals surface area contributed by atoms with Gasteiger partial charge in [-0.2, -0.15) is 0 Å². The molecule has 1 N–H and O–H groups in total. The standard InChI is InChI=1S/C15H13BrN2O2S/c1-15(12-3-2-8-21-12)13(19)18(14(20)17-15)9-10-4-6-11(16)7-5-10/h2-8H,9H2,1H3,(H,17,20). The number of halogens is 1. The van der Waals surface area contributed by atoms with Crippen molar-refractivity contribution in [2.75, 3.05) is 0 Å². The van der Waals surface area contributed by atoms with Crippen molar-refractivity contribution in [3.63, 3.8) is 0 Å². The van der Waals surface area contributed by atoms with E-state index in [2.05, 4.69) is 21.2 Å². The first kappa shape index (κ1) is 14.3. The van der Waals surface area contributed by atoms with Crippen LogP contribution < -0.4 is 5.32 Å². The van der Waals surface area contributed by atoms with Crippen LogP contribution in [0.15, 0.2) is 46.3 Å². The van der Waals surface area contributed by atoms with Gasteiger partial charge in [0.2, 0.25) is 0 Å². The van der Waals surface area contributed by atoms with Crippen molar-refractivity contribution in [2.24, 2.45) is 0 Å². The van der Waals surface area contributed by atoms with Crippen LogP contribution in [0, 0.1) is 0 Å². The Morgan fingerprint density at radius 2 is 1.95 bits per heavy atom. The first-order chi connectivity index (χ1) is 10.0. The van der Waals surface area contributed by atoms with Gasteiger partial charge in [0.25, 0.3) is 5.91 Å². The Labute approximate surface area is 134 Å². The molecule has 1 saturated heterocycles. The van der Waals surface area contributed by atoms with Crippen molar-refractivity contribution in [3.8, 4) is 0 Å². The highest BCUT2D eigenvalue weighted by Gasteiger charge is 2.49. The SMILES string of the molecule is CC1(c2cccs2)NC(=O)N(Cc2ccc(Br)cc2)C1=O. The van der Waals surface area contributed by atoms with E-state index >= 15 is 0 Å². The molecule has 1 atom stereocenters. The minimum atomic E-state index is -0.958. The van der Waals surface area contributed by atoms with Gasteiger partial charge < -0.3 is 5.32 Å². The average Bonchev–Trinajstić information content (AvgIpc) is 3.06. The molecule has 0 saturated carbocycles. The number of hydrogen-bond acceptors (Lipinski definition) is 3. The number of benzene rings is 1. The van der Waals surface area contributed by atoms with Crippen molar-refractivity contribution in [1.29, 1.82) is 0 Å². The molecule has 1 fully saturated rings. The van der Waals surface area contributed by atoms with Crippen molar-refractivity contribution in [1.82, 2.24) is 10.2 Å². The second-order valence-corrected chi connectivity index (χ2v) is 6.91. The number of thiophene rings is 1. The molecule has 4 nitrogen and oxygen atoms in total. The van der Waals surface area contributed by atoms with Crippen molar-refractivity contribution in [3.05, 3.63) is 56.7 Å². The Morgan fingerprint density at radius 3 is 2.57 bits per heavy atom. The molecule has 1 aromatic carbocycles. The Morgan fingerprint density at radius 1 is 1.24 bits per heavy atom. The van der Waals surface area contributed by atoms with E-state index in [1.165, 1.54) is 16.2 Å². The Kier molecular flexibility index (Phi) is 3.59. The van der Waals surface area contributed by atoms with Crippen LogP contribution in [0.1, 0.15) is 17.4 Å². The summed E-state index contributed by atoms with van der Waals surface area (Å²) in [7, 11) is 0. The summed E-state index contributed by atoms with van der Waals surface area (Å²) >= 11 is 4.83. The average molecular weight is 365 g/mol. The topological polar surface area (TPSA) is 49.4 Å². The number of rotatable bonds is 3. The zero-order chi connectivity index (χ0) is 15.0. The van der Waals surface area contributed by atoms with Gasteiger partial charge in [-0.1, -0.05) is 34.1 Å². The molecule has 1 unspecified atom stereocenters. The number of carbonyl (C=O) groups is 2. The van der Waals surface area contributed by atoms with Crippen LogP contribution in [0.3, 0.4) is 0 Å². The van der Waals surface area contributed by atoms with E-state index in [1.807, 2.05) is 41.8 Å². The molecule has 2 aromatic rings. The lowest BCUT2D eigenvalue weighted by Gasteiger charge is -2.20. The zero-order valence-electron chi connectivity index (χ0n) is 11.3. The van der Waals surface area contributed by atoms with E-state index in [0.29, 0.717) is 0 Å². The van der Waals surface area contributed by atoms with E-state index < -0.39 is 5.54 Å². The monoisotopic (exact) mass is 364 g/mol. The molecule has 1 aromatic heterocycles. The first-order valence-corrected chi connectivity index (χ1v) is 8.10. The maximum atomic E-state index is 12.6. The van der Waals surface area contributed by atoms with Gasteiger partial charge in [-0.3, -0.25) is 9.69 Å². The lowest BCUT2D eigenvalue weighted by Crippen LogP contribution is -2.40. The van der Waals surface area contributed by atoms with Crippen LogP contribution in [0.2, 0.25) is 0 Å². The van der Waals surface area contributed by atoms with Gasteiger partial charge in [-0.05, 0) is 36.1 Å². The van der Waals surface area contributed by atoms with Crippen LogP contribution in [0.25, 0.3) is 0 Å². The highest BCUT2D eigenvalue weighted by Crippen LogP contribution is 2.32. The number of imide groups is 1. The predicted molar refractivity (Wildman–Crippen MR) is 84.9 cm³/mol. The normalized spacial score (nSPS) is 21.7. The Bertz CT molecular complexity index is 684. The van der Waals surface area contributed by atoms with Crippen LogP contribution in [-0.2, 0) is 16.9 Å². The van der Waals surface area contributed by atoms with Gasteiger partial charge in [-0.25, -0.2) is 4.79 Å². The molecule has 6 heteroatoms. The third kappa shape index (κ3) is 2.49. The second kappa shape index (κ2) is 5.27. The largest absolute Gasteiger partial charge is 0.325 e. The first-order valence-electron chi connectivity index (χ1n) is 6.43. The van der Waals surface area contributed by atoms with Gasteiger partial charge in [0.15, 0.2) is 5.54 Å². The molecular formula is C15H13BrN2O2S. The summed E-state index contributed by atoms with van der Waals surface area (Å²) in [4.78, 5) is 26.9. The molecule has 3 rings (SSSR count). The van der Waals surface area contributed by atoms with Gasteiger partial charge in [0.1, 0.15) is 0 Å². The summed E-state index contributed by atoms with van der Waals surface area (Å²) in [5.74, 6) is -0.210. The highest BCUT2D eigenvalue weighted by molar-refractivity contribution is 9.10. The smallest absolute Gasteiger partial charge is 0.319 e. The number of amides is 3. The molecule has 108 valence electrons. The molecule has 0 bridgehead atoms. The lowest BCUT2D eigenvalue weighted by molar-refractivity contribution is -0.131. The van der Waals surface area contributed by atoms with E-state index in [1.54, 1.807) is 6.92 Å². The molecule has 0 aliphatic carbocycles. The highest BCUT2D eigenvalue weighted by atomic mass is 79.9. The van der Waals surface area contributed by atoms with Crippen LogP contribution >= 0.6 is 27.3 Å². The van der Waals surface area contributed by atoms with E-state index in [4.69, 9.17) is 0 Å². The fraction of sp³-hybridized carbons (Fsp3) is 0.200. The lowest BCUT2D eigenvalue weighted by atomic mass is 10.0. The van der Waals surface area contributed by atoms with Crippen molar-refractivity contribution < 1.29 is 9.59 Å². The minimum absolute atomic E-state index is 0.210. The van der Waals surface area contributed by atoms with E-state index in [-0.39, 0.29) is 18.5 Å². The third-order valence-corrected chi connectivity index (χ3v) is 5.16. The Balaban J connectivity index is 1.86. The summed E-state index contributed by atoms with van der Waals surface area (Å²) < 4.78 is 0.965. The maximum absolute atomic E-state index is 12.6. The number of urea groups is 1. The van der Waals surface area contributed by atoms with Gasteiger partial charge in [-0.15, -0.1) is 11.3 Å². The molecule has 2 heterocycles. The molecule has 1 aliphatic rings. The number of nitrogens with one attached hydrogen (secondary N) is 1. The summed E-state index contributed by atoms with van der Waals surface area (Å²) in [6.45, 7) is 2.03. The molecule has 3 amide bonds. The summed E-state index contributed by atoms with van der Waals surface area (Å²) in [5.41, 5.74) is -0.0437. The zero-order valence-corrected chi connectivity index (χ0v) is 13.7. The van der Waals surface area contributed by atoms with Crippen molar-refractivity contribution in [2.45, 2.75) is 19.0 Å². The van der Waals surface area contributed by atoms with Crippen LogP contribution in [0.5, 0.6) is 0 Å². The fourth-order valence-electron chi connectivity index (χ4n) is 2.34. The second-order valence-electron chi connectivity index (χ2n) is 5.05. The van der Waals surface area contributed by atoms with Crippen LogP contribution in [-0.4, -0.2) is 16.8 Å². The third-order valence-electron chi connectivity index (χ3n) is 3.54. The van der Waals surface area contributed by atoms with Gasteiger partial charge >= 0.3 is 6.03 Å². The molecule has 1 aliphatic heterocycles. The molecule has 0 radical (unpaired) electrons. The number of carbonyl (C=O) groups excluding carboxylic acids is 2. The van der Waals surface area contributed by atoms with E-state index in [0.717, 1.165) is 14.9 Å².